The molecule has 1 aliphatic rings. The third kappa shape index (κ3) is 2.87. The van der Waals surface area contributed by atoms with Crippen molar-refractivity contribution >= 4 is 17.5 Å². The Morgan fingerprint density at radius 2 is 2.05 bits per heavy atom. The summed E-state index contributed by atoms with van der Waals surface area (Å²) >= 11 is 0. The lowest BCUT2D eigenvalue weighted by atomic mass is 10.1. The van der Waals surface area contributed by atoms with Gasteiger partial charge in [-0.05, 0) is 25.5 Å². The standard InChI is InChI=1S/C12H13F2N3O2/c13-7-5-8(14)10(4-6(7)11(15)18)17-12(19)9-2-1-3-16-9/h4-5,9,16H,1-3H2,(H2,15,18)(H,17,19)/t9-/m0/s1. The number of primary amides is 1. The number of anilines is 1. The topological polar surface area (TPSA) is 84.2 Å². The number of nitrogens with one attached hydrogen (secondary N) is 2. The highest BCUT2D eigenvalue weighted by atomic mass is 19.1. The first-order chi connectivity index (χ1) is 8.99. The van der Waals surface area contributed by atoms with Gasteiger partial charge in [0.05, 0.1) is 17.3 Å². The van der Waals surface area contributed by atoms with Crippen molar-refractivity contribution in [1.82, 2.24) is 5.32 Å². The number of carbonyl (C=O) groups excluding carboxylic acids is 2. The molecule has 1 heterocycles. The van der Waals surface area contributed by atoms with Crippen LogP contribution in [0, 0.1) is 11.6 Å². The van der Waals surface area contributed by atoms with Gasteiger partial charge in [-0.3, -0.25) is 9.59 Å². The van der Waals surface area contributed by atoms with Crippen LogP contribution >= 0.6 is 0 Å². The largest absolute Gasteiger partial charge is 0.366 e. The Kier molecular flexibility index (Phi) is 3.75. The van der Waals surface area contributed by atoms with Crippen LogP contribution in [0.5, 0.6) is 0 Å². The molecule has 0 aromatic heterocycles. The lowest BCUT2D eigenvalue weighted by molar-refractivity contribution is -0.117. The van der Waals surface area contributed by atoms with Crippen LogP contribution < -0.4 is 16.4 Å². The molecule has 0 aliphatic carbocycles. The van der Waals surface area contributed by atoms with Crippen LogP contribution in [0.2, 0.25) is 0 Å². The Morgan fingerprint density at radius 1 is 1.32 bits per heavy atom. The maximum absolute atomic E-state index is 13.5. The number of hydrogen-bond donors (Lipinski definition) is 3. The van der Waals surface area contributed by atoms with Crippen molar-refractivity contribution in [3.63, 3.8) is 0 Å². The maximum Gasteiger partial charge on any atom is 0.251 e. The summed E-state index contributed by atoms with van der Waals surface area (Å²) in [7, 11) is 0. The summed E-state index contributed by atoms with van der Waals surface area (Å²) in [4.78, 5) is 22.7. The van der Waals surface area contributed by atoms with Crippen LogP contribution in [0.25, 0.3) is 0 Å². The second-order valence-electron chi connectivity index (χ2n) is 4.31. The summed E-state index contributed by atoms with van der Waals surface area (Å²) in [5.74, 6) is -3.44. The van der Waals surface area contributed by atoms with E-state index in [0.29, 0.717) is 12.5 Å². The molecular formula is C12H13F2N3O2. The van der Waals surface area contributed by atoms with E-state index >= 15 is 0 Å². The fourth-order valence-corrected chi connectivity index (χ4v) is 1.96. The van der Waals surface area contributed by atoms with Gasteiger partial charge < -0.3 is 16.4 Å². The number of carbonyl (C=O) groups is 2. The molecule has 0 radical (unpaired) electrons. The molecule has 1 atom stereocenters. The van der Waals surface area contributed by atoms with Crippen molar-refractivity contribution < 1.29 is 18.4 Å². The number of amides is 2. The van der Waals surface area contributed by atoms with Gasteiger partial charge in [0.1, 0.15) is 11.6 Å². The monoisotopic (exact) mass is 269 g/mol. The first-order valence-corrected chi connectivity index (χ1v) is 5.82. The highest BCUT2D eigenvalue weighted by Crippen LogP contribution is 2.20. The molecule has 1 saturated heterocycles. The van der Waals surface area contributed by atoms with Gasteiger partial charge in [0.2, 0.25) is 5.91 Å². The van der Waals surface area contributed by atoms with Gasteiger partial charge in [-0.25, -0.2) is 8.78 Å². The molecule has 7 heteroatoms. The molecule has 2 rings (SSSR count). The van der Waals surface area contributed by atoms with Crippen LogP contribution in [0.1, 0.15) is 23.2 Å². The van der Waals surface area contributed by atoms with Crippen molar-refractivity contribution in [3.05, 3.63) is 29.3 Å². The average molecular weight is 269 g/mol. The third-order valence-corrected chi connectivity index (χ3v) is 2.96. The van der Waals surface area contributed by atoms with Crippen LogP contribution in [0.3, 0.4) is 0 Å². The van der Waals surface area contributed by atoms with Gasteiger partial charge in [0.25, 0.3) is 5.91 Å². The predicted octanol–water partition coefficient (Wildman–Crippen LogP) is 0.754. The molecule has 1 aliphatic heterocycles. The van der Waals surface area contributed by atoms with E-state index in [4.69, 9.17) is 5.73 Å². The van der Waals surface area contributed by atoms with Gasteiger partial charge >= 0.3 is 0 Å². The molecule has 1 fully saturated rings. The summed E-state index contributed by atoms with van der Waals surface area (Å²) < 4.78 is 26.8. The Labute approximate surface area is 108 Å². The first-order valence-electron chi connectivity index (χ1n) is 5.82. The van der Waals surface area contributed by atoms with Gasteiger partial charge in [0.15, 0.2) is 0 Å². The maximum atomic E-state index is 13.5. The number of hydrogen-bond acceptors (Lipinski definition) is 3. The first kappa shape index (κ1) is 13.4. The lowest BCUT2D eigenvalue weighted by Crippen LogP contribution is -2.35. The quantitative estimate of drug-likeness (QED) is 0.757. The Balaban J connectivity index is 2.21. The van der Waals surface area contributed by atoms with E-state index in [9.17, 15) is 18.4 Å². The van der Waals surface area contributed by atoms with Crippen LogP contribution in [-0.2, 0) is 4.79 Å². The smallest absolute Gasteiger partial charge is 0.251 e. The van der Waals surface area contributed by atoms with Crippen LogP contribution in [-0.4, -0.2) is 24.4 Å². The molecule has 1 aromatic carbocycles. The van der Waals surface area contributed by atoms with Crippen molar-refractivity contribution in [2.75, 3.05) is 11.9 Å². The zero-order chi connectivity index (χ0) is 14.0. The van der Waals surface area contributed by atoms with E-state index in [-0.39, 0.29) is 5.69 Å². The fourth-order valence-electron chi connectivity index (χ4n) is 1.96. The highest BCUT2D eigenvalue weighted by Gasteiger charge is 2.23. The second-order valence-corrected chi connectivity index (χ2v) is 4.31. The number of rotatable bonds is 3. The number of halogens is 2. The summed E-state index contributed by atoms with van der Waals surface area (Å²) in [6.07, 6.45) is 1.51. The van der Waals surface area contributed by atoms with Crippen molar-refractivity contribution in [1.29, 1.82) is 0 Å². The van der Waals surface area contributed by atoms with Gasteiger partial charge in [-0.15, -0.1) is 0 Å². The summed E-state index contributed by atoms with van der Waals surface area (Å²) in [5, 5.41) is 5.27. The lowest BCUT2D eigenvalue weighted by Gasteiger charge is -2.12. The van der Waals surface area contributed by atoms with Crippen LogP contribution in [0.15, 0.2) is 12.1 Å². The third-order valence-electron chi connectivity index (χ3n) is 2.96. The number of nitrogens with two attached hydrogens (primary N) is 1. The molecule has 0 spiro atoms. The highest BCUT2D eigenvalue weighted by molar-refractivity contribution is 5.98. The van der Waals surface area contributed by atoms with E-state index < -0.39 is 35.1 Å². The summed E-state index contributed by atoms with van der Waals surface area (Å²) in [6, 6.07) is 1.03. The minimum absolute atomic E-state index is 0.256. The Morgan fingerprint density at radius 3 is 2.63 bits per heavy atom. The predicted molar refractivity (Wildman–Crippen MR) is 64.5 cm³/mol. The van der Waals surface area contributed by atoms with Crippen LogP contribution in [0.4, 0.5) is 14.5 Å². The SMILES string of the molecule is NC(=O)c1cc(NC(=O)[C@@H]2CCCN2)c(F)cc1F. The molecule has 0 saturated carbocycles. The number of benzene rings is 1. The van der Waals surface area contributed by atoms with E-state index in [2.05, 4.69) is 10.6 Å². The summed E-state index contributed by atoms with van der Waals surface area (Å²) in [6.45, 7) is 0.719. The van der Waals surface area contributed by atoms with Crippen molar-refractivity contribution in [2.24, 2.45) is 5.73 Å². The van der Waals surface area contributed by atoms with E-state index in [1.807, 2.05) is 0 Å². The van der Waals surface area contributed by atoms with Gasteiger partial charge in [-0.1, -0.05) is 0 Å². The average Bonchev–Trinajstić information content (AvgIpc) is 2.85. The van der Waals surface area contributed by atoms with Crippen molar-refractivity contribution in [2.45, 2.75) is 18.9 Å². The molecule has 5 nitrogen and oxygen atoms in total. The Bertz CT molecular complexity index is 528. The zero-order valence-electron chi connectivity index (χ0n) is 10.0. The minimum atomic E-state index is -1.05. The molecule has 102 valence electrons. The molecule has 1 aromatic rings. The van der Waals surface area contributed by atoms with E-state index in [1.165, 1.54) is 0 Å². The van der Waals surface area contributed by atoms with Gasteiger partial charge in [0, 0.05) is 6.07 Å². The minimum Gasteiger partial charge on any atom is -0.366 e. The fraction of sp³-hybridized carbons (Fsp3) is 0.333. The molecular weight excluding hydrogens is 256 g/mol. The Hall–Kier alpha value is -2.02. The molecule has 2 amide bonds. The van der Waals surface area contributed by atoms with E-state index in [1.54, 1.807) is 0 Å². The molecule has 0 bridgehead atoms. The zero-order valence-corrected chi connectivity index (χ0v) is 10.0. The summed E-state index contributed by atoms with van der Waals surface area (Å²) in [5.41, 5.74) is 4.24. The second kappa shape index (κ2) is 5.31. The molecule has 0 unspecified atom stereocenters. The van der Waals surface area contributed by atoms with Gasteiger partial charge in [-0.2, -0.15) is 0 Å². The van der Waals surface area contributed by atoms with E-state index in [0.717, 1.165) is 19.0 Å². The normalized spacial score (nSPS) is 18.3. The van der Waals surface area contributed by atoms with Crippen molar-refractivity contribution in [3.8, 4) is 0 Å². The molecule has 4 N–H and O–H groups in total. The molecule has 19 heavy (non-hydrogen) atoms.